The third-order valence-electron chi connectivity index (χ3n) is 0.684. The van der Waals surface area contributed by atoms with Gasteiger partial charge in [0.2, 0.25) is 6.33 Å². The van der Waals surface area contributed by atoms with Crippen molar-refractivity contribution in [1.82, 2.24) is 4.98 Å². The maximum absolute atomic E-state index is 10.1. The second-order valence-electron chi connectivity index (χ2n) is 1.67. The van der Waals surface area contributed by atoms with Gasteiger partial charge < -0.3 is 4.55 Å². The number of H-pyrrole nitrogens is 1. The molecule has 1 aromatic heterocycles. The molecular formula is C4H7FN2O3S. The largest absolute Gasteiger partial charge is 0.722 e. The highest BCUT2D eigenvalue weighted by atomic mass is 32.3. The van der Waals surface area contributed by atoms with Crippen molar-refractivity contribution in [3.8, 4) is 0 Å². The van der Waals surface area contributed by atoms with E-state index in [2.05, 4.69) is 4.98 Å². The molecule has 5 nitrogen and oxygen atoms in total. The molecule has 11 heavy (non-hydrogen) atoms. The summed E-state index contributed by atoms with van der Waals surface area (Å²) in [5.74, 6) is 0. The lowest BCUT2D eigenvalue weighted by Gasteiger charge is -1.84. The number of nitrogens with zero attached hydrogens (tertiary/aromatic N) is 1. The first-order chi connectivity index (χ1) is 4.89. The fourth-order valence-electron chi connectivity index (χ4n) is 0.364. The molecule has 1 rings (SSSR count). The first-order valence-corrected chi connectivity index (χ1v) is 3.84. The van der Waals surface area contributed by atoms with Gasteiger partial charge in [-0.2, -0.15) is 0 Å². The lowest BCUT2D eigenvalue weighted by atomic mass is 10.9. The highest BCUT2D eigenvalue weighted by Gasteiger charge is 1.78. The molecule has 0 saturated heterocycles. The third-order valence-corrected chi connectivity index (χ3v) is 0.684. The van der Waals surface area contributed by atoms with Gasteiger partial charge in [-0.05, 0) is 0 Å². The van der Waals surface area contributed by atoms with Crippen LogP contribution >= 0.6 is 0 Å². The molecule has 0 saturated carbocycles. The predicted molar refractivity (Wildman–Crippen MR) is 32.8 cm³/mol. The van der Waals surface area contributed by atoms with Crippen molar-refractivity contribution in [2.75, 3.05) is 0 Å². The molecule has 0 atom stereocenters. The Morgan fingerprint density at radius 3 is 2.18 bits per heavy atom. The Hall–Kier alpha value is -0.950. The predicted octanol–water partition coefficient (Wildman–Crippen LogP) is -0.745. The topological polar surface area (TPSA) is 76.9 Å². The molecule has 0 aromatic carbocycles. The maximum atomic E-state index is 10.1. The number of hydrogen-bond acceptors (Lipinski definition) is 3. The summed E-state index contributed by atoms with van der Waals surface area (Å²) in [7, 11) is -3.45. The van der Waals surface area contributed by atoms with Crippen LogP contribution in [0.5, 0.6) is 0 Å². The number of aromatic nitrogens is 2. The molecular weight excluding hydrogens is 175 g/mol. The van der Waals surface area contributed by atoms with Crippen molar-refractivity contribution < 1.29 is 21.4 Å². The zero-order chi connectivity index (χ0) is 8.91. The molecule has 0 aliphatic rings. The van der Waals surface area contributed by atoms with Gasteiger partial charge in [0, 0.05) is 0 Å². The second kappa shape index (κ2) is 4.04. The van der Waals surface area contributed by atoms with Gasteiger partial charge in [-0.15, -0.1) is 3.89 Å². The Labute approximate surface area is 63.5 Å². The van der Waals surface area contributed by atoms with Gasteiger partial charge in [-0.1, -0.05) is 0 Å². The van der Waals surface area contributed by atoms with E-state index in [1.165, 1.54) is 0 Å². The first-order valence-electron chi connectivity index (χ1n) is 2.53. The van der Waals surface area contributed by atoms with Crippen LogP contribution in [0.1, 0.15) is 0 Å². The van der Waals surface area contributed by atoms with Gasteiger partial charge >= 0.3 is 0 Å². The molecule has 0 bridgehead atoms. The van der Waals surface area contributed by atoms with E-state index >= 15 is 0 Å². The minimum Gasteiger partial charge on any atom is -0.722 e. The average Bonchev–Trinajstić information content (AvgIpc) is 2.12. The standard InChI is InChI=1S/C4H6N2.FHO3S/c1-6-3-2-5-4-6;1-5(2,3)4/h2-4H,1H3;(H,2,3,4). The molecule has 7 heteroatoms. The summed E-state index contributed by atoms with van der Waals surface area (Å²) < 4.78 is 37.3. The molecule has 1 N–H and O–H groups in total. The van der Waals surface area contributed by atoms with E-state index in [1.54, 1.807) is 0 Å². The minimum atomic E-state index is -5.42. The van der Waals surface area contributed by atoms with Crippen LogP contribution in [-0.2, 0) is 17.6 Å². The van der Waals surface area contributed by atoms with E-state index in [0.717, 1.165) is 0 Å². The number of nitrogens with one attached hydrogen (secondary N) is 1. The summed E-state index contributed by atoms with van der Waals surface area (Å²) >= 11 is 0. The molecule has 1 heterocycles. The van der Waals surface area contributed by atoms with Crippen LogP contribution in [-0.4, -0.2) is 18.0 Å². The Bertz CT molecular complexity index is 272. The van der Waals surface area contributed by atoms with Crippen molar-refractivity contribution >= 4 is 10.5 Å². The summed E-state index contributed by atoms with van der Waals surface area (Å²) in [5.41, 5.74) is 0. The van der Waals surface area contributed by atoms with E-state index < -0.39 is 10.5 Å². The van der Waals surface area contributed by atoms with Gasteiger partial charge in [0.05, 0.1) is 7.05 Å². The zero-order valence-electron chi connectivity index (χ0n) is 5.69. The zero-order valence-corrected chi connectivity index (χ0v) is 6.51. The van der Waals surface area contributed by atoms with Gasteiger partial charge in [-0.25, -0.2) is 13.0 Å². The number of hydrogen-bond donors (Lipinski definition) is 1. The van der Waals surface area contributed by atoms with Gasteiger partial charge in [0.25, 0.3) is 10.5 Å². The van der Waals surface area contributed by atoms with Crippen LogP contribution in [0.4, 0.5) is 3.89 Å². The lowest BCUT2D eigenvalue weighted by molar-refractivity contribution is -0.670. The molecule has 0 spiro atoms. The molecule has 0 aliphatic carbocycles. The Kier molecular flexibility index (Phi) is 3.69. The van der Waals surface area contributed by atoms with Crippen molar-refractivity contribution in [2.45, 2.75) is 0 Å². The first kappa shape index (κ1) is 10.0. The quantitative estimate of drug-likeness (QED) is 0.326. The van der Waals surface area contributed by atoms with Crippen LogP contribution in [0.25, 0.3) is 0 Å². The lowest BCUT2D eigenvalue weighted by Crippen LogP contribution is -2.22. The molecule has 1 aromatic rings. The number of imidazole rings is 1. The Balaban J connectivity index is 0.000000187. The van der Waals surface area contributed by atoms with Gasteiger partial charge in [-0.3, -0.25) is 4.98 Å². The second-order valence-corrected chi connectivity index (χ2v) is 2.46. The highest BCUT2D eigenvalue weighted by Crippen LogP contribution is 1.73. The summed E-state index contributed by atoms with van der Waals surface area (Å²) in [6.45, 7) is 0. The van der Waals surface area contributed by atoms with E-state index in [-0.39, 0.29) is 0 Å². The number of aryl methyl sites for hydroxylation is 1. The molecule has 64 valence electrons. The molecule has 0 aliphatic heterocycles. The summed E-state index contributed by atoms with van der Waals surface area (Å²) in [6.07, 6.45) is 5.69. The fraction of sp³-hybridized carbons (Fsp3) is 0.250. The average molecular weight is 182 g/mol. The van der Waals surface area contributed by atoms with Crippen molar-refractivity contribution in [3.63, 3.8) is 0 Å². The Morgan fingerprint density at radius 1 is 1.64 bits per heavy atom. The third kappa shape index (κ3) is 12.3. The van der Waals surface area contributed by atoms with Crippen LogP contribution in [0, 0.1) is 0 Å². The van der Waals surface area contributed by atoms with Crippen LogP contribution in [0.15, 0.2) is 18.7 Å². The SMILES string of the molecule is C[n+]1cc[nH]c1.O=S(=O)([O-])F. The molecule has 0 fully saturated rings. The molecule has 0 unspecified atom stereocenters. The van der Waals surface area contributed by atoms with Crippen LogP contribution < -0.4 is 4.57 Å². The monoisotopic (exact) mass is 182 g/mol. The normalized spacial score (nSPS) is 10.1. The Morgan fingerprint density at radius 2 is 2.09 bits per heavy atom. The molecule has 0 radical (unpaired) electrons. The number of halogens is 1. The highest BCUT2D eigenvalue weighted by molar-refractivity contribution is 7.80. The van der Waals surface area contributed by atoms with E-state index in [9.17, 15) is 3.89 Å². The van der Waals surface area contributed by atoms with Crippen LogP contribution in [0.2, 0.25) is 0 Å². The molecule has 0 amide bonds. The summed E-state index contributed by atoms with van der Waals surface area (Å²) in [5, 5.41) is 0. The van der Waals surface area contributed by atoms with E-state index in [0.29, 0.717) is 0 Å². The minimum absolute atomic E-state index is 1.88. The summed E-state index contributed by atoms with van der Waals surface area (Å²) in [4.78, 5) is 2.89. The van der Waals surface area contributed by atoms with Crippen molar-refractivity contribution in [2.24, 2.45) is 7.05 Å². The van der Waals surface area contributed by atoms with Crippen molar-refractivity contribution in [3.05, 3.63) is 18.7 Å². The summed E-state index contributed by atoms with van der Waals surface area (Å²) in [6, 6.07) is 0. The smallest absolute Gasteiger partial charge is 0.255 e. The van der Waals surface area contributed by atoms with Gasteiger partial charge in [0.15, 0.2) is 0 Å². The van der Waals surface area contributed by atoms with Crippen LogP contribution in [0.3, 0.4) is 0 Å². The van der Waals surface area contributed by atoms with Crippen molar-refractivity contribution in [1.29, 1.82) is 0 Å². The number of aromatic amines is 1. The fourth-order valence-corrected chi connectivity index (χ4v) is 0.364. The van der Waals surface area contributed by atoms with E-state index in [1.807, 2.05) is 30.3 Å². The van der Waals surface area contributed by atoms with E-state index in [4.69, 9.17) is 13.0 Å². The number of rotatable bonds is 0. The maximum Gasteiger partial charge on any atom is 0.255 e. The van der Waals surface area contributed by atoms with Gasteiger partial charge in [0.1, 0.15) is 12.4 Å².